The van der Waals surface area contributed by atoms with Crippen molar-refractivity contribution in [3.8, 4) is 5.75 Å². The molecule has 0 amide bonds. The number of nitro groups is 1. The van der Waals surface area contributed by atoms with Crippen molar-refractivity contribution in [3.63, 3.8) is 0 Å². The first kappa shape index (κ1) is 21.6. The van der Waals surface area contributed by atoms with Crippen molar-refractivity contribution in [2.24, 2.45) is 0 Å². The van der Waals surface area contributed by atoms with E-state index in [9.17, 15) is 19.7 Å². The van der Waals surface area contributed by atoms with Gasteiger partial charge in [-0.05, 0) is 86.7 Å². The average molecular weight is 637 g/mol. The van der Waals surface area contributed by atoms with Gasteiger partial charge in [0.1, 0.15) is 12.4 Å². The second-order valence-electron chi connectivity index (χ2n) is 6.79. The number of nitro benzene ring substituents is 1. The van der Waals surface area contributed by atoms with Gasteiger partial charge in [-0.3, -0.25) is 19.7 Å². The van der Waals surface area contributed by atoms with Crippen molar-refractivity contribution in [1.82, 2.24) is 0 Å². The maximum atomic E-state index is 12.6. The quantitative estimate of drug-likeness (QED) is 0.115. The number of rotatable bonds is 5. The van der Waals surface area contributed by atoms with E-state index < -0.39 is 4.92 Å². The van der Waals surface area contributed by atoms with E-state index in [1.165, 1.54) is 12.1 Å². The Morgan fingerprint density at radius 1 is 0.903 bits per heavy atom. The molecule has 0 heterocycles. The van der Waals surface area contributed by atoms with Gasteiger partial charge in [0.2, 0.25) is 0 Å². The summed E-state index contributed by atoms with van der Waals surface area (Å²) >= 11 is 4.29. The van der Waals surface area contributed by atoms with Gasteiger partial charge in [-0.1, -0.05) is 24.3 Å². The van der Waals surface area contributed by atoms with E-state index in [1.54, 1.807) is 42.5 Å². The molecule has 0 aromatic heterocycles. The van der Waals surface area contributed by atoms with Crippen LogP contribution in [0.4, 0.5) is 5.69 Å². The molecular weight excluding hydrogens is 624 g/mol. The number of hydrogen-bond acceptors (Lipinski definition) is 5. The molecule has 0 fully saturated rings. The summed E-state index contributed by atoms with van der Waals surface area (Å²) in [5.41, 5.74) is 2.61. The van der Waals surface area contributed by atoms with Crippen LogP contribution in [0.15, 0.2) is 66.2 Å². The lowest BCUT2D eigenvalue weighted by Gasteiger charge is -2.12. The fraction of sp³-hybridized carbons (Fsp3) is 0.0435. The number of ether oxygens (including phenoxy) is 1. The van der Waals surface area contributed by atoms with Crippen molar-refractivity contribution in [2.75, 3.05) is 0 Å². The summed E-state index contributed by atoms with van der Waals surface area (Å²) in [6.45, 7) is 0.261. The van der Waals surface area contributed by atoms with Crippen molar-refractivity contribution in [3.05, 3.63) is 106 Å². The second kappa shape index (κ2) is 8.87. The van der Waals surface area contributed by atoms with Crippen LogP contribution in [0.25, 0.3) is 6.08 Å². The Morgan fingerprint density at radius 3 is 1.97 bits per heavy atom. The normalized spacial score (nSPS) is 12.6. The Labute approximate surface area is 204 Å². The summed E-state index contributed by atoms with van der Waals surface area (Å²) in [5, 5.41) is 10.8. The summed E-state index contributed by atoms with van der Waals surface area (Å²) in [6, 6.07) is 16.7. The summed E-state index contributed by atoms with van der Waals surface area (Å²) in [5.74, 6) is 0.155. The number of hydrogen-bond donors (Lipinski definition) is 0. The van der Waals surface area contributed by atoms with Crippen molar-refractivity contribution >= 4 is 68.5 Å². The minimum Gasteiger partial charge on any atom is -0.487 e. The molecule has 0 bridgehead atoms. The van der Waals surface area contributed by atoms with Crippen LogP contribution in [-0.4, -0.2) is 16.5 Å². The number of benzene rings is 3. The Morgan fingerprint density at radius 2 is 1.45 bits per heavy atom. The third-order valence-corrected chi connectivity index (χ3v) is 6.37. The number of fused-ring (bicyclic) bond motifs is 1. The first-order chi connectivity index (χ1) is 14.8. The molecule has 0 radical (unpaired) electrons. The first-order valence-corrected chi connectivity index (χ1v) is 11.3. The molecule has 0 aliphatic heterocycles. The Kier molecular flexibility index (Phi) is 6.19. The van der Waals surface area contributed by atoms with Gasteiger partial charge in [0, 0.05) is 23.3 Å². The van der Waals surface area contributed by atoms with Gasteiger partial charge in [0.25, 0.3) is 5.69 Å². The van der Waals surface area contributed by atoms with Crippen molar-refractivity contribution in [1.29, 1.82) is 0 Å². The molecule has 154 valence electrons. The summed E-state index contributed by atoms with van der Waals surface area (Å²) in [6.07, 6.45) is 1.62. The molecule has 6 nitrogen and oxygen atoms in total. The largest absolute Gasteiger partial charge is 0.487 e. The number of non-ortho nitro benzene ring substituents is 1. The molecule has 1 aliphatic carbocycles. The van der Waals surface area contributed by atoms with Gasteiger partial charge in [-0.25, -0.2) is 0 Å². The highest BCUT2D eigenvalue weighted by Gasteiger charge is 2.32. The maximum absolute atomic E-state index is 12.6. The second-order valence-corrected chi connectivity index (χ2v) is 9.11. The van der Waals surface area contributed by atoms with Gasteiger partial charge in [-0.2, -0.15) is 0 Å². The van der Waals surface area contributed by atoms with Crippen LogP contribution in [0.3, 0.4) is 0 Å². The highest BCUT2D eigenvalue weighted by atomic mass is 127. The average Bonchev–Trinajstić information content (AvgIpc) is 2.98. The minimum atomic E-state index is -0.442. The van der Waals surface area contributed by atoms with Gasteiger partial charge >= 0.3 is 0 Å². The number of carbonyl (C=O) groups excluding carboxylic acids is 2. The first-order valence-electron chi connectivity index (χ1n) is 9.10. The molecule has 1 aliphatic rings. The van der Waals surface area contributed by atoms with Gasteiger partial charge in [0.05, 0.1) is 17.6 Å². The number of allylic oxidation sites excluding steroid dienone is 1. The summed E-state index contributed by atoms with van der Waals surface area (Å²) < 4.78 is 7.59. The van der Waals surface area contributed by atoms with Crippen LogP contribution < -0.4 is 4.74 Å². The van der Waals surface area contributed by atoms with Crippen LogP contribution in [0, 0.1) is 17.3 Å². The number of halogens is 2. The molecule has 0 spiro atoms. The highest BCUT2D eigenvalue weighted by molar-refractivity contribution is 14.1. The minimum absolute atomic E-state index is 0.0310. The van der Waals surface area contributed by atoms with E-state index in [-0.39, 0.29) is 29.4 Å². The predicted molar refractivity (Wildman–Crippen MR) is 132 cm³/mol. The summed E-state index contributed by atoms with van der Waals surface area (Å²) in [4.78, 5) is 35.6. The van der Waals surface area contributed by atoms with Gasteiger partial charge < -0.3 is 4.74 Å². The number of ketones is 2. The number of Topliss-reactive ketones (excluding diaryl/α,β-unsaturated/α-hetero) is 2. The van der Waals surface area contributed by atoms with Crippen molar-refractivity contribution in [2.45, 2.75) is 6.61 Å². The molecule has 0 saturated carbocycles. The Balaban J connectivity index is 1.55. The lowest BCUT2D eigenvalue weighted by atomic mass is 10.1. The molecule has 4 rings (SSSR count). The van der Waals surface area contributed by atoms with Gasteiger partial charge in [0.15, 0.2) is 11.6 Å². The lowest BCUT2D eigenvalue weighted by Crippen LogP contribution is -2.02. The summed E-state index contributed by atoms with van der Waals surface area (Å²) in [7, 11) is 0. The van der Waals surface area contributed by atoms with Crippen LogP contribution in [0.2, 0.25) is 0 Å². The van der Waals surface area contributed by atoms with E-state index in [0.29, 0.717) is 16.9 Å². The molecule has 0 N–H and O–H groups in total. The predicted octanol–water partition coefficient (Wildman–Crippen LogP) is 5.85. The fourth-order valence-electron chi connectivity index (χ4n) is 3.24. The van der Waals surface area contributed by atoms with Crippen molar-refractivity contribution < 1.29 is 19.2 Å². The van der Waals surface area contributed by atoms with E-state index >= 15 is 0 Å². The maximum Gasteiger partial charge on any atom is 0.269 e. The van der Waals surface area contributed by atoms with Crippen LogP contribution >= 0.6 is 45.2 Å². The van der Waals surface area contributed by atoms with E-state index in [1.807, 2.05) is 12.1 Å². The lowest BCUT2D eigenvalue weighted by molar-refractivity contribution is -0.384. The van der Waals surface area contributed by atoms with Crippen LogP contribution in [0.5, 0.6) is 5.75 Å². The van der Waals surface area contributed by atoms with E-state index in [4.69, 9.17) is 4.74 Å². The monoisotopic (exact) mass is 637 g/mol. The molecule has 3 aromatic rings. The Hall–Kier alpha value is -2.60. The SMILES string of the molecule is O=C1C(=Cc2cc(I)c(OCc3ccc([N+](=O)[O-])cc3)c(I)c2)C(=O)c2ccccc21. The smallest absolute Gasteiger partial charge is 0.269 e. The molecule has 31 heavy (non-hydrogen) atoms. The molecule has 0 saturated heterocycles. The third kappa shape index (κ3) is 4.40. The standard InChI is InChI=1S/C23H13I2NO5/c24-19-10-14(9-18-21(27)16-3-1-2-4-17(16)22(18)28)11-20(25)23(19)31-12-13-5-7-15(8-6-13)26(29)30/h1-11H,12H2. The van der Waals surface area contributed by atoms with Gasteiger partial charge in [-0.15, -0.1) is 0 Å². The topological polar surface area (TPSA) is 86.5 Å². The van der Waals surface area contributed by atoms with E-state index in [0.717, 1.165) is 18.3 Å². The molecule has 8 heteroatoms. The fourth-order valence-corrected chi connectivity index (χ4v) is 5.37. The number of carbonyl (C=O) groups is 2. The molecule has 0 atom stereocenters. The van der Waals surface area contributed by atoms with Crippen LogP contribution in [0.1, 0.15) is 31.8 Å². The van der Waals surface area contributed by atoms with E-state index in [2.05, 4.69) is 45.2 Å². The zero-order chi connectivity index (χ0) is 22.1. The zero-order valence-corrected chi connectivity index (χ0v) is 20.1. The molecule has 3 aromatic carbocycles. The van der Waals surface area contributed by atoms with Crippen LogP contribution in [-0.2, 0) is 6.61 Å². The highest BCUT2D eigenvalue weighted by Crippen LogP contribution is 2.33. The molecular formula is C23H13I2NO5. The number of nitrogens with zero attached hydrogens (tertiary/aromatic N) is 1. The molecule has 0 unspecified atom stereocenters. The Bertz CT molecular complexity index is 1210. The third-order valence-electron chi connectivity index (χ3n) is 4.77. The zero-order valence-electron chi connectivity index (χ0n) is 15.8.